The Morgan fingerprint density at radius 3 is 2.51 bits per heavy atom. The number of amides is 3. The minimum atomic E-state index is -0.624. The number of aromatic nitrogens is 2. The van der Waals surface area contributed by atoms with Crippen molar-refractivity contribution in [2.45, 2.75) is 32.0 Å². The molecule has 0 spiro atoms. The Labute approximate surface area is 205 Å². The molecular formula is C26H33N7O2. The Balaban J connectivity index is 1.57. The molecule has 4 N–H and O–H groups in total. The molecule has 0 unspecified atom stereocenters. The second-order valence-corrected chi connectivity index (χ2v) is 9.70. The van der Waals surface area contributed by atoms with E-state index in [1.807, 2.05) is 65.3 Å². The number of benzene rings is 2. The van der Waals surface area contributed by atoms with Gasteiger partial charge in [-0.3, -0.25) is 9.48 Å². The fraction of sp³-hybridized carbons (Fsp3) is 0.346. The third kappa shape index (κ3) is 4.85. The number of hydrogen-bond donors (Lipinski definition) is 3. The van der Waals surface area contributed by atoms with Crippen molar-refractivity contribution < 1.29 is 9.59 Å². The highest BCUT2D eigenvalue weighted by Gasteiger charge is 2.45. The summed E-state index contributed by atoms with van der Waals surface area (Å²) in [4.78, 5) is 30.2. The van der Waals surface area contributed by atoms with Crippen LogP contribution in [0.15, 0.2) is 54.6 Å². The lowest BCUT2D eigenvalue weighted by Gasteiger charge is -2.34. The van der Waals surface area contributed by atoms with Crippen molar-refractivity contribution in [2.75, 3.05) is 31.7 Å². The topological polar surface area (TPSA) is 109 Å². The molecule has 0 fully saturated rings. The molecule has 3 aromatic rings. The van der Waals surface area contributed by atoms with Gasteiger partial charge in [0.2, 0.25) is 0 Å². The van der Waals surface area contributed by atoms with E-state index >= 15 is 0 Å². The average Bonchev–Trinajstić information content (AvgIpc) is 3.27. The van der Waals surface area contributed by atoms with Crippen LogP contribution in [0.1, 0.15) is 47.1 Å². The van der Waals surface area contributed by atoms with Crippen LogP contribution in [0.4, 0.5) is 16.3 Å². The van der Waals surface area contributed by atoms with Crippen LogP contribution in [0.5, 0.6) is 0 Å². The Bertz CT molecular complexity index is 1230. The third-order valence-corrected chi connectivity index (χ3v) is 6.39. The molecule has 3 amide bonds. The minimum Gasteiger partial charge on any atom is -0.399 e. The van der Waals surface area contributed by atoms with Crippen LogP contribution in [0.25, 0.3) is 0 Å². The van der Waals surface area contributed by atoms with Gasteiger partial charge in [0.05, 0.1) is 23.8 Å². The standard InChI is InChI=1S/C26H33N7O2/c1-26(2)22-20(23(30-32(22)5)29-24(34)18-12-9-13-19(27)14-18)15-33(26)25(35)28-21(16-31(3)4)17-10-7-6-8-11-17/h6-14,21H,15-16,27H2,1-5H3,(H,28,35)(H,29,30,34)/t21-/m1/s1. The van der Waals surface area contributed by atoms with Crippen LogP contribution in [0.2, 0.25) is 0 Å². The summed E-state index contributed by atoms with van der Waals surface area (Å²) in [6, 6.07) is 16.4. The number of nitrogens with zero attached hydrogens (tertiary/aromatic N) is 4. The van der Waals surface area contributed by atoms with Gasteiger partial charge in [-0.05, 0) is 51.7 Å². The van der Waals surface area contributed by atoms with E-state index in [1.165, 1.54) is 0 Å². The van der Waals surface area contributed by atoms with Gasteiger partial charge < -0.3 is 26.2 Å². The van der Waals surface area contributed by atoms with Crippen molar-refractivity contribution >= 4 is 23.4 Å². The number of nitrogens with two attached hydrogens (primary N) is 1. The molecule has 0 bridgehead atoms. The number of carbonyl (C=O) groups excluding carboxylic acids is 2. The molecule has 1 aliphatic rings. The first-order valence-electron chi connectivity index (χ1n) is 11.6. The first kappa shape index (κ1) is 24.3. The molecule has 9 nitrogen and oxygen atoms in total. The Morgan fingerprint density at radius 2 is 1.86 bits per heavy atom. The number of carbonyl (C=O) groups is 2. The molecule has 1 atom stereocenters. The lowest BCUT2D eigenvalue weighted by atomic mass is 10.0. The molecule has 2 heterocycles. The van der Waals surface area contributed by atoms with Crippen LogP contribution in [0.3, 0.4) is 0 Å². The highest BCUT2D eigenvalue weighted by atomic mass is 16.2. The van der Waals surface area contributed by atoms with E-state index in [0.717, 1.165) is 16.8 Å². The molecule has 1 aromatic heterocycles. The summed E-state index contributed by atoms with van der Waals surface area (Å²) in [5, 5.41) is 10.7. The summed E-state index contributed by atoms with van der Waals surface area (Å²) in [7, 11) is 5.80. The van der Waals surface area contributed by atoms with Crippen molar-refractivity contribution in [1.82, 2.24) is 24.9 Å². The van der Waals surface area contributed by atoms with Gasteiger partial charge in [0, 0.05) is 30.4 Å². The van der Waals surface area contributed by atoms with Crippen LogP contribution in [-0.4, -0.2) is 52.2 Å². The summed E-state index contributed by atoms with van der Waals surface area (Å²) in [5.41, 5.74) is 8.93. The van der Waals surface area contributed by atoms with Gasteiger partial charge in [0.15, 0.2) is 5.82 Å². The van der Waals surface area contributed by atoms with Crippen LogP contribution < -0.4 is 16.4 Å². The first-order chi connectivity index (χ1) is 16.6. The Kier molecular flexibility index (Phi) is 6.53. The van der Waals surface area contributed by atoms with Crippen LogP contribution in [-0.2, 0) is 19.1 Å². The van der Waals surface area contributed by atoms with Gasteiger partial charge >= 0.3 is 6.03 Å². The van der Waals surface area contributed by atoms with Crippen molar-refractivity contribution in [3.05, 3.63) is 77.0 Å². The second kappa shape index (κ2) is 9.42. The summed E-state index contributed by atoms with van der Waals surface area (Å²) in [6.45, 7) is 4.98. The quantitative estimate of drug-likeness (QED) is 0.474. The van der Waals surface area contributed by atoms with Crippen LogP contribution >= 0.6 is 0 Å². The largest absolute Gasteiger partial charge is 0.399 e. The predicted octanol–water partition coefficient (Wildman–Crippen LogP) is 3.32. The molecule has 0 saturated heterocycles. The highest BCUT2D eigenvalue weighted by Crippen LogP contribution is 2.42. The molecule has 0 aliphatic carbocycles. The molecular weight excluding hydrogens is 442 g/mol. The second-order valence-electron chi connectivity index (χ2n) is 9.70. The van der Waals surface area contributed by atoms with Gasteiger partial charge in [-0.2, -0.15) is 5.10 Å². The van der Waals surface area contributed by atoms with E-state index in [1.54, 1.807) is 33.8 Å². The lowest BCUT2D eigenvalue weighted by molar-refractivity contribution is 0.102. The fourth-order valence-corrected chi connectivity index (χ4v) is 4.76. The normalized spacial score (nSPS) is 15.1. The number of rotatable bonds is 6. The van der Waals surface area contributed by atoms with Crippen molar-refractivity contribution in [3.8, 4) is 0 Å². The van der Waals surface area contributed by atoms with Crippen molar-refractivity contribution in [2.24, 2.45) is 7.05 Å². The highest BCUT2D eigenvalue weighted by molar-refractivity contribution is 6.04. The number of urea groups is 1. The molecule has 1 aliphatic heterocycles. The minimum absolute atomic E-state index is 0.168. The Hall–Kier alpha value is -3.85. The van der Waals surface area contributed by atoms with Crippen molar-refractivity contribution in [1.29, 1.82) is 0 Å². The maximum atomic E-state index is 13.6. The average molecular weight is 476 g/mol. The summed E-state index contributed by atoms with van der Waals surface area (Å²) in [6.07, 6.45) is 0. The number of likely N-dealkylation sites (N-methyl/N-ethyl adjacent to an activating group) is 1. The van der Waals surface area contributed by atoms with E-state index in [9.17, 15) is 9.59 Å². The molecule has 9 heteroatoms. The number of hydrogen-bond acceptors (Lipinski definition) is 5. The Morgan fingerprint density at radius 1 is 1.14 bits per heavy atom. The number of nitrogen functional groups attached to an aromatic ring is 1. The van der Waals surface area contributed by atoms with Gasteiger partial charge in [0.1, 0.15) is 0 Å². The summed E-state index contributed by atoms with van der Waals surface area (Å²) >= 11 is 0. The van der Waals surface area contributed by atoms with E-state index < -0.39 is 5.54 Å². The smallest absolute Gasteiger partial charge is 0.319 e. The van der Waals surface area contributed by atoms with E-state index in [-0.39, 0.29) is 18.0 Å². The lowest BCUT2D eigenvalue weighted by Crippen LogP contribution is -2.49. The molecule has 35 heavy (non-hydrogen) atoms. The fourth-order valence-electron chi connectivity index (χ4n) is 4.76. The zero-order valence-corrected chi connectivity index (χ0v) is 20.9. The van der Waals surface area contributed by atoms with Gasteiger partial charge in [-0.25, -0.2) is 4.79 Å². The monoisotopic (exact) mass is 475 g/mol. The van der Waals surface area contributed by atoms with E-state index in [4.69, 9.17) is 5.73 Å². The zero-order valence-electron chi connectivity index (χ0n) is 20.9. The van der Waals surface area contributed by atoms with Gasteiger partial charge in [-0.1, -0.05) is 36.4 Å². The van der Waals surface area contributed by atoms with E-state index in [2.05, 4.69) is 20.6 Å². The number of fused-ring (bicyclic) bond motifs is 1. The summed E-state index contributed by atoms with van der Waals surface area (Å²) in [5.74, 6) is 0.153. The molecule has 2 aromatic carbocycles. The number of anilines is 2. The predicted molar refractivity (Wildman–Crippen MR) is 137 cm³/mol. The van der Waals surface area contributed by atoms with E-state index in [0.29, 0.717) is 30.2 Å². The molecule has 4 rings (SSSR count). The number of aryl methyl sites for hydroxylation is 1. The molecule has 184 valence electrons. The third-order valence-electron chi connectivity index (χ3n) is 6.39. The zero-order chi connectivity index (χ0) is 25.3. The molecule has 0 saturated carbocycles. The maximum Gasteiger partial charge on any atom is 0.319 e. The molecule has 0 radical (unpaired) electrons. The SMILES string of the molecule is CN(C)C[C@@H](NC(=O)N1Cc2c(NC(=O)c3cccc(N)c3)nn(C)c2C1(C)C)c1ccccc1. The van der Waals surface area contributed by atoms with Gasteiger partial charge in [0.25, 0.3) is 5.91 Å². The first-order valence-corrected chi connectivity index (χ1v) is 11.6. The number of nitrogens with one attached hydrogen (secondary N) is 2. The van der Waals surface area contributed by atoms with Crippen LogP contribution in [0, 0.1) is 0 Å². The van der Waals surface area contributed by atoms with Gasteiger partial charge in [-0.15, -0.1) is 0 Å². The maximum absolute atomic E-state index is 13.6. The van der Waals surface area contributed by atoms with Crippen molar-refractivity contribution in [3.63, 3.8) is 0 Å². The summed E-state index contributed by atoms with van der Waals surface area (Å²) < 4.78 is 1.74.